The van der Waals surface area contributed by atoms with Gasteiger partial charge in [0.2, 0.25) is 0 Å². The van der Waals surface area contributed by atoms with Crippen LogP contribution in [0.3, 0.4) is 0 Å². The Kier molecular flexibility index (Phi) is 5.99. The summed E-state index contributed by atoms with van der Waals surface area (Å²) in [6, 6.07) is 13.4. The molecule has 0 saturated carbocycles. The summed E-state index contributed by atoms with van der Waals surface area (Å²) in [4.78, 5) is 38.6. The second kappa shape index (κ2) is 8.44. The zero-order valence-corrected chi connectivity index (χ0v) is 16.9. The summed E-state index contributed by atoms with van der Waals surface area (Å²) in [6.07, 6.45) is 1.72. The Morgan fingerprint density at radius 2 is 1.64 bits per heavy atom. The molecule has 0 unspecified atom stereocenters. The van der Waals surface area contributed by atoms with Gasteiger partial charge in [-0.15, -0.1) is 0 Å². The van der Waals surface area contributed by atoms with E-state index in [0.717, 1.165) is 34.0 Å². The van der Waals surface area contributed by atoms with E-state index in [2.05, 4.69) is 5.32 Å². The molecule has 0 radical (unpaired) electrons. The predicted octanol–water partition coefficient (Wildman–Crippen LogP) is 4.08. The second-order valence-corrected chi connectivity index (χ2v) is 7.87. The summed E-state index contributed by atoms with van der Waals surface area (Å²) in [5, 5.41) is 2.46. The number of imide groups is 1. The number of carbonyl (C=O) groups is 3. The second-order valence-electron chi connectivity index (χ2n) is 6.88. The van der Waals surface area contributed by atoms with Crippen LogP contribution >= 0.6 is 11.8 Å². The molecule has 0 bridgehead atoms. The summed E-state index contributed by atoms with van der Waals surface area (Å²) >= 11 is 0.926. The minimum atomic E-state index is -0.323. The summed E-state index contributed by atoms with van der Waals surface area (Å²) < 4.78 is 0. The standard InChI is InChI=1S/C22H22N2O3S/c1-14-4-6-17(7-5-14)13-19-21(26)24(22(27)28-19)9-8-23-20(25)18-11-15(2)10-16(3)12-18/h4-7,10-13H,8-9H2,1-3H3,(H,23,25)/b19-13-. The molecule has 2 aromatic rings. The van der Waals surface area contributed by atoms with E-state index >= 15 is 0 Å². The van der Waals surface area contributed by atoms with Gasteiger partial charge in [0.25, 0.3) is 17.1 Å². The number of carbonyl (C=O) groups excluding carboxylic acids is 3. The number of hydrogen-bond acceptors (Lipinski definition) is 4. The van der Waals surface area contributed by atoms with Gasteiger partial charge in [0.1, 0.15) is 0 Å². The molecule has 1 fully saturated rings. The first kappa shape index (κ1) is 19.9. The highest BCUT2D eigenvalue weighted by molar-refractivity contribution is 8.18. The maximum atomic E-state index is 12.5. The topological polar surface area (TPSA) is 66.5 Å². The molecule has 2 aromatic carbocycles. The van der Waals surface area contributed by atoms with Crippen molar-refractivity contribution < 1.29 is 14.4 Å². The molecule has 1 aliphatic rings. The molecule has 0 aromatic heterocycles. The van der Waals surface area contributed by atoms with Gasteiger partial charge in [0, 0.05) is 18.7 Å². The molecule has 0 atom stereocenters. The van der Waals surface area contributed by atoms with Gasteiger partial charge in [-0.05, 0) is 56.3 Å². The van der Waals surface area contributed by atoms with Crippen LogP contribution in [0.15, 0.2) is 47.4 Å². The molecule has 1 N–H and O–H groups in total. The zero-order valence-electron chi connectivity index (χ0n) is 16.1. The Bertz CT molecular complexity index is 944. The van der Waals surface area contributed by atoms with E-state index in [1.54, 1.807) is 6.08 Å². The molecule has 1 saturated heterocycles. The molecule has 28 heavy (non-hydrogen) atoms. The van der Waals surface area contributed by atoms with E-state index in [9.17, 15) is 14.4 Å². The van der Waals surface area contributed by atoms with Gasteiger partial charge < -0.3 is 5.32 Å². The average molecular weight is 394 g/mol. The first-order valence-electron chi connectivity index (χ1n) is 9.02. The van der Waals surface area contributed by atoms with Gasteiger partial charge in [0.05, 0.1) is 4.91 Å². The van der Waals surface area contributed by atoms with Crippen molar-refractivity contribution >= 4 is 34.9 Å². The first-order valence-corrected chi connectivity index (χ1v) is 9.83. The maximum absolute atomic E-state index is 12.5. The lowest BCUT2D eigenvalue weighted by Gasteiger charge is -2.13. The monoisotopic (exact) mass is 394 g/mol. The molecule has 0 aliphatic carbocycles. The third kappa shape index (κ3) is 4.70. The lowest BCUT2D eigenvalue weighted by atomic mass is 10.1. The van der Waals surface area contributed by atoms with Crippen LogP contribution in [0.2, 0.25) is 0 Å². The van der Waals surface area contributed by atoms with Gasteiger partial charge >= 0.3 is 0 Å². The van der Waals surface area contributed by atoms with E-state index in [4.69, 9.17) is 0 Å². The molecule has 144 valence electrons. The quantitative estimate of drug-likeness (QED) is 0.776. The van der Waals surface area contributed by atoms with E-state index < -0.39 is 0 Å². The molecule has 1 aliphatic heterocycles. The smallest absolute Gasteiger partial charge is 0.293 e. The number of thioether (sulfide) groups is 1. The Morgan fingerprint density at radius 1 is 1.00 bits per heavy atom. The number of aryl methyl sites for hydroxylation is 3. The van der Waals surface area contributed by atoms with Crippen molar-refractivity contribution in [3.63, 3.8) is 0 Å². The molecule has 3 amide bonds. The summed E-state index contributed by atoms with van der Waals surface area (Å²) in [5.41, 5.74) is 4.60. The minimum absolute atomic E-state index is 0.145. The highest BCUT2D eigenvalue weighted by Gasteiger charge is 2.34. The molecular formula is C22H22N2O3S. The van der Waals surface area contributed by atoms with Crippen molar-refractivity contribution in [2.24, 2.45) is 0 Å². The predicted molar refractivity (Wildman–Crippen MR) is 112 cm³/mol. The van der Waals surface area contributed by atoms with Crippen LogP contribution in [0.25, 0.3) is 6.08 Å². The van der Waals surface area contributed by atoms with Crippen molar-refractivity contribution in [2.45, 2.75) is 20.8 Å². The van der Waals surface area contributed by atoms with Crippen molar-refractivity contribution in [1.29, 1.82) is 0 Å². The highest BCUT2D eigenvalue weighted by atomic mass is 32.2. The Labute approximate surface area is 168 Å². The number of nitrogens with zero attached hydrogens (tertiary/aromatic N) is 1. The van der Waals surface area contributed by atoms with Crippen molar-refractivity contribution in [3.05, 3.63) is 75.2 Å². The molecule has 3 rings (SSSR count). The van der Waals surface area contributed by atoms with Crippen LogP contribution in [0.5, 0.6) is 0 Å². The SMILES string of the molecule is Cc1ccc(/C=C2\SC(=O)N(CCNC(=O)c3cc(C)cc(C)c3)C2=O)cc1. The van der Waals surface area contributed by atoms with Crippen molar-refractivity contribution in [3.8, 4) is 0 Å². The van der Waals surface area contributed by atoms with Crippen LogP contribution in [0.1, 0.15) is 32.6 Å². The third-order valence-electron chi connectivity index (χ3n) is 4.35. The van der Waals surface area contributed by atoms with E-state index in [1.807, 2.05) is 63.2 Å². The van der Waals surface area contributed by atoms with E-state index in [1.165, 1.54) is 4.90 Å². The first-order chi connectivity index (χ1) is 13.3. The van der Waals surface area contributed by atoms with Gasteiger partial charge in [-0.1, -0.05) is 47.0 Å². The fourth-order valence-corrected chi connectivity index (χ4v) is 3.86. The molecular weight excluding hydrogens is 372 g/mol. The number of hydrogen-bond donors (Lipinski definition) is 1. The van der Waals surface area contributed by atoms with Crippen LogP contribution in [0.4, 0.5) is 4.79 Å². The maximum Gasteiger partial charge on any atom is 0.293 e. The summed E-state index contributed by atoms with van der Waals surface area (Å²) in [7, 11) is 0. The van der Waals surface area contributed by atoms with Crippen LogP contribution in [-0.4, -0.2) is 35.0 Å². The molecule has 1 heterocycles. The molecule has 6 heteroatoms. The van der Waals surface area contributed by atoms with Crippen molar-refractivity contribution in [2.75, 3.05) is 13.1 Å². The van der Waals surface area contributed by atoms with Gasteiger partial charge in [-0.3, -0.25) is 19.3 Å². The third-order valence-corrected chi connectivity index (χ3v) is 5.26. The fourth-order valence-electron chi connectivity index (χ4n) is 3.00. The average Bonchev–Trinajstić information content (AvgIpc) is 2.90. The normalized spacial score (nSPS) is 15.4. The summed E-state index contributed by atoms with van der Waals surface area (Å²) in [6.45, 7) is 6.22. The Morgan fingerprint density at radius 3 is 2.29 bits per heavy atom. The minimum Gasteiger partial charge on any atom is -0.350 e. The van der Waals surface area contributed by atoms with Crippen LogP contribution in [-0.2, 0) is 4.79 Å². The number of benzene rings is 2. The van der Waals surface area contributed by atoms with Crippen molar-refractivity contribution in [1.82, 2.24) is 10.2 Å². The Hall–Kier alpha value is -2.86. The molecule has 0 spiro atoms. The largest absolute Gasteiger partial charge is 0.350 e. The zero-order chi connectivity index (χ0) is 20.3. The lowest BCUT2D eigenvalue weighted by Crippen LogP contribution is -2.37. The number of nitrogens with one attached hydrogen (secondary N) is 1. The Balaban J connectivity index is 1.60. The number of amides is 3. The fraction of sp³-hybridized carbons (Fsp3) is 0.227. The highest BCUT2D eigenvalue weighted by Crippen LogP contribution is 2.31. The van der Waals surface area contributed by atoms with Gasteiger partial charge in [-0.2, -0.15) is 0 Å². The van der Waals surface area contributed by atoms with E-state index in [-0.39, 0.29) is 30.1 Å². The number of rotatable bonds is 5. The lowest BCUT2D eigenvalue weighted by molar-refractivity contribution is -0.122. The van der Waals surface area contributed by atoms with Gasteiger partial charge in [0.15, 0.2) is 0 Å². The van der Waals surface area contributed by atoms with Gasteiger partial charge in [-0.25, -0.2) is 0 Å². The van der Waals surface area contributed by atoms with Crippen LogP contribution in [0, 0.1) is 20.8 Å². The van der Waals surface area contributed by atoms with Crippen LogP contribution < -0.4 is 5.32 Å². The summed E-state index contributed by atoms with van der Waals surface area (Å²) in [5.74, 6) is -0.537. The molecule has 5 nitrogen and oxygen atoms in total. The van der Waals surface area contributed by atoms with E-state index in [0.29, 0.717) is 10.5 Å².